The molecule has 2 N–H and O–H groups in total. The SMILES string of the molecule is Nc1sc(-c2ccccc2)nc1-c1cc(F)cc(Cl)c1. The van der Waals surface area contributed by atoms with Crippen LogP contribution >= 0.6 is 22.9 Å². The Morgan fingerprint density at radius 1 is 1.05 bits per heavy atom. The minimum absolute atomic E-state index is 0.327. The number of thiazole rings is 1. The van der Waals surface area contributed by atoms with E-state index >= 15 is 0 Å². The molecule has 0 aliphatic heterocycles. The minimum Gasteiger partial charge on any atom is -0.389 e. The van der Waals surface area contributed by atoms with Crippen LogP contribution in [0.4, 0.5) is 9.39 Å². The van der Waals surface area contributed by atoms with Gasteiger partial charge >= 0.3 is 0 Å². The Labute approximate surface area is 124 Å². The fourth-order valence-electron chi connectivity index (χ4n) is 1.93. The van der Waals surface area contributed by atoms with Crippen LogP contribution in [-0.2, 0) is 0 Å². The molecule has 5 heteroatoms. The van der Waals surface area contributed by atoms with E-state index < -0.39 is 5.82 Å². The van der Waals surface area contributed by atoms with Crippen molar-refractivity contribution in [3.63, 3.8) is 0 Å². The predicted octanol–water partition coefficient (Wildman–Crippen LogP) is 4.85. The Balaban J connectivity index is 2.09. The van der Waals surface area contributed by atoms with Gasteiger partial charge in [-0.1, -0.05) is 53.3 Å². The van der Waals surface area contributed by atoms with Crippen molar-refractivity contribution in [3.8, 4) is 21.8 Å². The van der Waals surface area contributed by atoms with Gasteiger partial charge in [0.25, 0.3) is 0 Å². The normalized spacial score (nSPS) is 10.7. The standard InChI is InChI=1S/C15H10ClFN2S/c16-11-6-10(7-12(17)8-11)13-14(18)20-15(19-13)9-4-2-1-3-5-9/h1-8H,18H2. The number of nitrogen functional groups attached to an aromatic ring is 1. The summed E-state index contributed by atoms with van der Waals surface area (Å²) in [6, 6.07) is 14.0. The summed E-state index contributed by atoms with van der Waals surface area (Å²) in [6.45, 7) is 0. The average molecular weight is 305 g/mol. The highest BCUT2D eigenvalue weighted by Crippen LogP contribution is 2.36. The zero-order valence-electron chi connectivity index (χ0n) is 10.3. The monoisotopic (exact) mass is 304 g/mol. The second kappa shape index (κ2) is 5.23. The molecule has 0 saturated carbocycles. The number of nitrogens with zero attached hydrogens (tertiary/aromatic N) is 1. The van der Waals surface area contributed by atoms with E-state index in [-0.39, 0.29) is 0 Å². The molecule has 0 aliphatic carbocycles. The van der Waals surface area contributed by atoms with Gasteiger partial charge in [0.1, 0.15) is 21.5 Å². The molecule has 0 radical (unpaired) electrons. The summed E-state index contributed by atoms with van der Waals surface area (Å²) in [4.78, 5) is 4.50. The highest BCUT2D eigenvalue weighted by atomic mass is 35.5. The molecule has 100 valence electrons. The van der Waals surface area contributed by atoms with Crippen molar-refractivity contribution in [1.82, 2.24) is 4.98 Å². The summed E-state index contributed by atoms with van der Waals surface area (Å²) < 4.78 is 13.4. The number of hydrogen-bond donors (Lipinski definition) is 1. The lowest BCUT2D eigenvalue weighted by Crippen LogP contribution is -1.87. The van der Waals surface area contributed by atoms with E-state index in [0.717, 1.165) is 10.6 Å². The molecule has 3 aromatic rings. The first kappa shape index (κ1) is 13.1. The van der Waals surface area contributed by atoms with Crippen molar-refractivity contribution in [1.29, 1.82) is 0 Å². The van der Waals surface area contributed by atoms with Crippen molar-refractivity contribution >= 4 is 27.9 Å². The van der Waals surface area contributed by atoms with Gasteiger partial charge in [-0.25, -0.2) is 9.37 Å². The fraction of sp³-hybridized carbons (Fsp3) is 0. The van der Waals surface area contributed by atoms with Crippen molar-refractivity contribution < 1.29 is 4.39 Å². The van der Waals surface area contributed by atoms with Crippen LogP contribution in [0.5, 0.6) is 0 Å². The maximum absolute atomic E-state index is 13.4. The fourth-order valence-corrected chi connectivity index (χ4v) is 3.01. The molecule has 2 aromatic carbocycles. The highest BCUT2D eigenvalue weighted by Gasteiger charge is 2.13. The van der Waals surface area contributed by atoms with Gasteiger partial charge < -0.3 is 5.73 Å². The third-order valence-corrected chi connectivity index (χ3v) is 3.96. The Hall–Kier alpha value is -1.91. The Morgan fingerprint density at radius 2 is 1.80 bits per heavy atom. The molecule has 0 atom stereocenters. The first-order valence-electron chi connectivity index (χ1n) is 5.91. The molecule has 0 unspecified atom stereocenters. The van der Waals surface area contributed by atoms with E-state index in [2.05, 4.69) is 4.98 Å². The van der Waals surface area contributed by atoms with Gasteiger partial charge in [0, 0.05) is 16.1 Å². The molecule has 0 saturated heterocycles. The first-order chi connectivity index (χ1) is 9.63. The van der Waals surface area contributed by atoms with Crippen molar-refractivity contribution in [2.24, 2.45) is 0 Å². The molecule has 0 fully saturated rings. The van der Waals surface area contributed by atoms with Crippen LogP contribution in [0.3, 0.4) is 0 Å². The molecule has 3 rings (SSSR count). The number of nitrogens with two attached hydrogens (primary N) is 1. The van der Waals surface area contributed by atoms with Gasteiger partial charge in [-0.3, -0.25) is 0 Å². The van der Waals surface area contributed by atoms with E-state index in [4.69, 9.17) is 17.3 Å². The summed E-state index contributed by atoms with van der Waals surface area (Å²) in [6.07, 6.45) is 0. The van der Waals surface area contributed by atoms with Crippen LogP contribution in [0.2, 0.25) is 5.02 Å². The van der Waals surface area contributed by atoms with Crippen LogP contribution in [0.1, 0.15) is 0 Å². The topological polar surface area (TPSA) is 38.9 Å². The van der Waals surface area contributed by atoms with Gasteiger partial charge in [-0.05, 0) is 18.2 Å². The lowest BCUT2D eigenvalue weighted by atomic mass is 10.1. The number of anilines is 1. The van der Waals surface area contributed by atoms with Crippen LogP contribution in [-0.4, -0.2) is 4.98 Å². The number of rotatable bonds is 2. The third-order valence-electron chi connectivity index (χ3n) is 2.81. The van der Waals surface area contributed by atoms with E-state index in [1.54, 1.807) is 6.07 Å². The van der Waals surface area contributed by atoms with Gasteiger partial charge in [-0.15, -0.1) is 0 Å². The van der Waals surface area contributed by atoms with Crippen LogP contribution in [0.15, 0.2) is 48.5 Å². The summed E-state index contributed by atoms with van der Waals surface area (Å²) in [7, 11) is 0. The summed E-state index contributed by atoms with van der Waals surface area (Å²) in [5.41, 5.74) is 8.14. The molecule has 0 spiro atoms. The van der Waals surface area contributed by atoms with Crippen LogP contribution in [0, 0.1) is 5.82 Å². The molecule has 2 nitrogen and oxygen atoms in total. The van der Waals surface area contributed by atoms with Crippen LogP contribution < -0.4 is 5.73 Å². The number of aromatic nitrogens is 1. The largest absolute Gasteiger partial charge is 0.389 e. The molecule has 0 bridgehead atoms. The van der Waals surface area contributed by atoms with E-state index in [9.17, 15) is 4.39 Å². The van der Waals surface area contributed by atoms with Crippen molar-refractivity contribution in [2.45, 2.75) is 0 Å². The van der Waals surface area contributed by atoms with E-state index in [1.807, 2.05) is 30.3 Å². The average Bonchev–Trinajstić information content (AvgIpc) is 2.81. The lowest BCUT2D eigenvalue weighted by molar-refractivity contribution is 0.628. The molecule has 1 heterocycles. The minimum atomic E-state index is -0.402. The van der Waals surface area contributed by atoms with Gasteiger partial charge in [-0.2, -0.15) is 0 Å². The molecule has 0 aliphatic rings. The van der Waals surface area contributed by atoms with E-state index in [1.165, 1.54) is 23.5 Å². The molecular formula is C15H10ClFN2S. The first-order valence-corrected chi connectivity index (χ1v) is 7.11. The molecular weight excluding hydrogens is 295 g/mol. The lowest BCUT2D eigenvalue weighted by Gasteiger charge is -2.00. The number of halogens is 2. The third kappa shape index (κ3) is 2.53. The second-order valence-electron chi connectivity index (χ2n) is 4.26. The zero-order chi connectivity index (χ0) is 14.1. The number of benzene rings is 2. The van der Waals surface area contributed by atoms with Gasteiger partial charge in [0.15, 0.2) is 0 Å². The summed E-state index contributed by atoms with van der Waals surface area (Å²) in [5.74, 6) is -0.402. The predicted molar refractivity (Wildman–Crippen MR) is 82.4 cm³/mol. The van der Waals surface area contributed by atoms with Crippen molar-refractivity contribution in [3.05, 3.63) is 59.4 Å². The van der Waals surface area contributed by atoms with Gasteiger partial charge in [0.05, 0.1) is 0 Å². The zero-order valence-corrected chi connectivity index (χ0v) is 11.9. The van der Waals surface area contributed by atoms with Gasteiger partial charge in [0.2, 0.25) is 0 Å². The molecule has 1 aromatic heterocycles. The van der Waals surface area contributed by atoms with Crippen molar-refractivity contribution in [2.75, 3.05) is 5.73 Å². The molecule has 20 heavy (non-hydrogen) atoms. The second-order valence-corrected chi connectivity index (χ2v) is 5.72. The summed E-state index contributed by atoms with van der Waals surface area (Å²) >= 11 is 7.25. The Kier molecular flexibility index (Phi) is 3.42. The van der Waals surface area contributed by atoms with E-state index in [0.29, 0.717) is 21.3 Å². The quantitative estimate of drug-likeness (QED) is 0.735. The Morgan fingerprint density at radius 3 is 2.50 bits per heavy atom. The maximum atomic E-state index is 13.4. The van der Waals surface area contributed by atoms with Crippen LogP contribution in [0.25, 0.3) is 21.8 Å². The Bertz CT molecular complexity index is 736. The summed E-state index contributed by atoms with van der Waals surface area (Å²) in [5, 5.41) is 1.68. The highest BCUT2D eigenvalue weighted by molar-refractivity contribution is 7.19. The number of hydrogen-bond acceptors (Lipinski definition) is 3. The smallest absolute Gasteiger partial charge is 0.126 e. The molecule has 0 amide bonds. The maximum Gasteiger partial charge on any atom is 0.126 e.